The number of carbonyl (C=O) groups is 1. The second-order valence-electron chi connectivity index (χ2n) is 6.81. The number of nitrogens with one attached hydrogen (secondary N) is 1. The number of nitrogens with two attached hydrogens (primary N) is 1. The van der Waals surface area contributed by atoms with Crippen LogP contribution in [0.2, 0.25) is 0 Å². The predicted molar refractivity (Wildman–Crippen MR) is 85.2 cm³/mol. The highest BCUT2D eigenvalue weighted by Crippen LogP contribution is 2.47. The molecule has 1 heterocycles. The molecule has 2 aliphatic rings. The highest BCUT2D eigenvalue weighted by molar-refractivity contribution is 7.09. The van der Waals surface area contributed by atoms with E-state index < -0.39 is 0 Å². The molecule has 4 atom stereocenters. The lowest BCUT2D eigenvalue weighted by molar-refractivity contribution is -0.127. The van der Waals surface area contributed by atoms with Crippen LogP contribution in [0.3, 0.4) is 0 Å². The second-order valence-corrected chi connectivity index (χ2v) is 7.70. The average molecular weight is 307 g/mol. The molecule has 3 rings (SSSR count). The van der Waals surface area contributed by atoms with E-state index in [1.807, 2.05) is 0 Å². The quantitative estimate of drug-likeness (QED) is 0.877. The number of nitrogens with zero attached hydrogens (tertiary/aromatic N) is 1. The van der Waals surface area contributed by atoms with Gasteiger partial charge in [-0.3, -0.25) is 4.79 Å². The van der Waals surface area contributed by atoms with E-state index in [0.717, 1.165) is 18.5 Å². The van der Waals surface area contributed by atoms with Gasteiger partial charge < -0.3 is 11.1 Å². The maximum Gasteiger partial charge on any atom is 0.224 e. The fraction of sp³-hybridized carbons (Fsp3) is 0.750. The lowest BCUT2D eigenvalue weighted by atomic mass is 9.84. The minimum Gasteiger partial charge on any atom is -0.355 e. The Morgan fingerprint density at radius 1 is 1.48 bits per heavy atom. The zero-order chi connectivity index (χ0) is 15.0. The van der Waals surface area contributed by atoms with Crippen molar-refractivity contribution >= 4 is 17.2 Å². The largest absolute Gasteiger partial charge is 0.355 e. The predicted octanol–water partition coefficient (Wildman–Crippen LogP) is 2.30. The van der Waals surface area contributed by atoms with Gasteiger partial charge in [0.2, 0.25) is 5.91 Å². The van der Waals surface area contributed by atoms with Gasteiger partial charge in [-0.1, -0.05) is 13.8 Å². The molecule has 4 nitrogen and oxygen atoms in total. The summed E-state index contributed by atoms with van der Waals surface area (Å²) >= 11 is 1.71. The molecule has 21 heavy (non-hydrogen) atoms. The molecule has 0 aromatic carbocycles. The monoisotopic (exact) mass is 307 g/mol. The summed E-state index contributed by atoms with van der Waals surface area (Å²) in [4.78, 5) is 16.9. The van der Waals surface area contributed by atoms with Gasteiger partial charge in [-0.25, -0.2) is 4.98 Å². The van der Waals surface area contributed by atoms with Crippen molar-refractivity contribution in [2.45, 2.75) is 51.5 Å². The summed E-state index contributed by atoms with van der Waals surface area (Å²) in [6.07, 6.45) is 4.36. The molecule has 116 valence electrons. The van der Waals surface area contributed by atoms with Crippen LogP contribution in [0.25, 0.3) is 0 Å². The van der Waals surface area contributed by atoms with E-state index in [4.69, 9.17) is 5.73 Å². The summed E-state index contributed by atoms with van der Waals surface area (Å²) in [5.41, 5.74) is 7.30. The van der Waals surface area contributed by atoms with Crippen LogP contribution in [0.15, 0.2) is 5.38 Å². The number of carbonyl (C=O) groups excluding carboxylic acids is 1. The van der Waals surface area contributed by atoms with Gasteiger partial charge in [-0.15, -0.1) is 11.3 Å². The SMILES string of the molecule is CC(C)c1nc(CCNC(=O)C2C3CCC(C3)C2N)cs1. The van der Waals surface area contributed by atoms with Gasteiger partial charge in [0.1, 0.15) is 0 Å². The lowest BCUT2D eigenvalue weighted by Crippen LogP contribution is -2.45. The standard InChI is InChI=1S/C16H25N3OS/c1-9(2)16-19-12(8-21-16)5-6-18-15(20)13-10-3-4-11(7-10)14(13)17/h8-11,13-14H,3-7,17H2,1-2H3,(H,18,20). The number of rotatable bonds is 5. The molecule has 2 fully saturated rings. The van der Waals surface area contributed by atoms with Crippen molar-refractivity contribution in [3.8, 4) is 0 Å². The third-order valence-corrected chi connectivity index (χ3v) is 6.22. The van der Waals surface area contributed by atoms with Crippen molar-refractivity contribution in [3.63, 3.8) is 0 Å². The molecule has 4 unspecified atom stereocenters. The van der Waals surface area contributed by atoms with E-state index in [1.165, 1.54) is 17.8 Å². The summed E-state index contributed by atoms with van der Waals surface area (Å²) in [6, 6.07) is 0.0792. The first-order valence-electron chi connectivity index (χ1n) is 8.04. The Kier molecular flexibility index (Phi) is 4.31. The zero-order valence-corrected chi connectivity index (χ0v) is 13.7. The van der Waals surface area contributed by atoms with Crippen molar-refractivity contribution < 1.29 is 4.79 Å². The van der Waals surface area contributed by atoms with Crippen LogP contribution in [0.5, 0.6) is 0 Å². The number of hydrogen-bond donors (Lipinski definition) is 2. The lowest BCUT2D eigenvalue weighted by Gasteiger charge is -2.26. The number of amides is 1. The van der Waals surface area contributed by atoms with E-state index >= 15 is 0 Å². The van der Waals surface area contributed by atoms with Crippen molar-refractivity contribution in [1.82, 2.24) is 10.3 Å². The normalized spacial score (nSPS) is 31.0. The number of fused-ring (bicyclic) bond motifs is 2. The third kappa shape index (κ3) is 2.99. The first kappa shape index (κ1) is 15.0. The molecule has 1 aromatic rings. The van der Waals surface area contributed by atoms with Gasteiger partial charge in [0.05, 0.1) is 16.6 Å². The Morgan fingerprint density at radius 3 is 2.86 bits per heavy atom. The smallest absolute Gasteiger partial charge is 0.224 e. The molecule has 1 aromatic heterocycles. The van der Waals surface area contributed by atoms with E-state index in [1.54, 1.807) is 11.3 Å². The molecule has 0 aliphatic heterocycles. The van der Waals surface area contributed by atoms with Crippen LogP contribution in [-0.4, -0.2) is 23.5 Å². The van der Waals surface area contributed by atoms with Gasteiger partial charge >= 0.3 is 0 Å². The van der Waals surface area contributed by atoms with Gasteiger partial charge in [0, 0.05) is 30.3 Å². The van der Waals surface area contributed by atoms with Crippen LogP contribution in [0.4, 0.5) is 0 Å². The molecule has 0 saturated heterocycles. The van der Waals surface area contributed by atoms with Crippen LogP contribution in [0.1, 0.15) is 49.7 Å². The van der Waals surface area contributed by atoms with Gasteiger partial charge in [0.25, 0.3) is 0 Å². The molecule has 0 radical (unpaired) electrons. The molecular formula is C16H25N3OS. The highest BCUT2D eigenvalue weighted by Gasteiger charge is 2.48. The summed E-state index contributed by atoms with van der Waals surface area (Å²) in [5.74, 6) is 1.79. The van der Waals surface area contributed by atoms with Crippen molar-refractivity contribution in [2.75, 3.05) is 6.54 Å². The van der Waals surface area contributed by atoms with E-state index in [-0.39, 0.29) is 17.9 Å². The first-order valence-corrected chi connectivity index (χ1v) is 8.91. The van der Waals surface area contributed by atoms with Gasteiger partial charge in [0.15, 0.2) is 0 Å². The van der Waals surface area contributed by atoms with Crippen molar-refractivity contribution in [2.24, 2.45) is 23.5 Å². The molecule has 2 bridgehead atoms. The van der Waals surface area contributed by atoms with Crippen LogP contribution in [0, 0.1) is 17.8 Å². The topological polar surface area (TPSA) is 68.0 Å². The van der Waals surface area contributed by atoms with E-state index in [2.05, 4.69) is 29.5 Å². The fourth-order valence-corrected chi connectivity index (χ4v) is 4.73. The second kappa shape index (κ2) is 6.05. The molecule has 2 aliphatic carbocycles. The maximum atomic E-state index is 12.3. The molecule has 0 spiro atoms. The van der Waals surface area contributed by atoms with Gasteiger partial charge in [-0.05, 0) is 31.1 Å². The van der Waals surface area contributed by atoms with Gasteiger partial charge in [-0.2, -0.15) is 0 Å². The Bertz CT molecular complexity index is 511. The molecule has 2 saturated carbocycles. The maximum absolute atomic E-state index is 12.3. The third-order valence-electron chi connectivity index (χ3n) is 5.03. The summed E-state index contributed by atoms with van der Waals surface area (Å²) in [6.45, 7) is 4.97. The zero-order valence-electron chi connectivity index (χ0n) is 12.8. The minimum atomic E-state index is 0.0467. The minimum absolute atomic E-state index is 0.0467. The molecule has 5 heteroatoms. The first-order chi connectivity index (χ1) is 10.1. The van der Waals surface area contributed by atoms with Crippen LogP contribution in [-0.2, 0) is 11.2 Å². The summed E-state index contributed by atoms with van der Waals surface area (Å²) < 4.78 is 0. The number of thiazole rings is 1. The Morgan fingerprint density at radius 2 is 2.24 bits per heavy atom. The van der Waals surface area contributed by atoms with E-state index in [0.29, 0.717) is 24.3 Å². The molecule has 1 amide bonds. The fourth-order valence-electron chi connectivity index (χ4n) is 3.86. The molecule has 3 N–H and O–H groups in total. The van der Waals surface area contributed by atoms with Crippen molar-refractivity contribution in [3.05, 3.63) is 16.1 Å². The number of aromatic nitrogens is 1. The summed E-state index contributed by atoms with van der Waals surface area (Å²) in [5, 5.41) is 6.35. The average Bonchev–Trinajstić information content (AvgIpc) is 3.13. The summed E-state index contributed by atoms with van der Waals surface area (Å²) in [7, 11) is 0. The van der Waals surface area contributed by atoms with E-state index in [9.17, 15) is 4.79 Å². The Labute approximate surface area is 130 Å². The highest BCUT2D eigenvalue weighted by atomic mass is 32.1. The Balaban J connectivity index is 1.48. The van der Waals surface area contributed by atoms with Crippen LogP contribution >= 0.6 is 11.3 Å². The Hall–Kier alpha value is -0.940. The van der Waals surface area contributed by atoms with Crippen molar-refractivity contribution in [1.29, 1.82) is 0 Å². The van der Waals surface area contributed by atoms with Crippen LogP contribution < -0.4 is 11.1 Å². The number of hydrogen-bond acceptors (Lipinski definition) is 4. The molecular weight excluding hydrogens is 282 g/mol.